The van der Waals surface area contributed by atoms with Crippen molar-refractivity contribution in [2.45, 2.75) is 0 Å². The zero-order valence-corrected chi connectivity index (χ0v) is 10.7. The first-order valence-electron chi connectivity index (χ1n) is 4.91. The van der Waals surface area contributed by atoms with E-state index in [2.05, 4.69) is 20.1 Å². The number of hydrogen-bond acceptors (Lipinski definition) is 5. The van der Waals surface area contributed by atoms with Gasteiger partial charge in [-0.2, -0.15) is 0 Å². The molecule has 0 aliphatic heterocycles. The first-order valence-corrected chi connectivity index (χ1v) is 5.32. The number of nitrogens with one attached hydrogen (secondary N) is 2. The van der Waals surface area contributed by atoms with E-state index in [-0.39, 0.29) is 5.11 Å². The predicted molar refractivity (Wildman–Crippen MR) is 69.5 cm³/mol. The number of anilines is 1. The number of hydrogen-bond donors (Lipinski definition) is 2. The van der Waals surface area contributed by atoms with Gasteiger partial charge in [0.15, 0.2) is 5.11 Å². The lowest BCUT2D eigenvalue weighted by Gasteiger charge is -2.11. The highest BCUT2D eigenvalue weighted by atomic mass is 32.1. The molecule has 7 heteroatoms. The van der Waals surface area contributed by atoms with Gasteiger partial charge in [-0.3, -0.25) is 5.32 Å². The monoisotopic (exact) mass is 268 g/mol. The summed E-state index contributed by atoms with van der Waals surface area (Å²) in [6.45, 7) is 0. The summed E-state index contributed by atoms with van der Waals surface area (Å²) in [5.74, 6) is -0.501. The van der Waals surface area contributed by atoms with Crippen LogP contribution in [-0.4, -0.2) is 31.4 Å². The molecule has 0 aliphatic rings. The minimum atomic E-state index is -0.692. The Morgan fingerprint density at radius 2 is 1.83 bits per heavy atom. The van der Waals surface area contributed by atoms with Crippen LogP contribution in [0.2, 0.25) is 0 Å². The van der Waals surface area contributed by atoms with Crippen molar-refractivity contribution in [3.63, 3.8) is 0 Å². The van der Waals surface area contributed by atoms with Crippen LogP contribution in [0.1, 0.15) is 10.4 Å². The van der Waals surface area contributed by atoms with E-state index in [1.165, 1.54) is 14.2 Å². The van der Waals surface area contributed by atoms with Crippen molar-refractivity contribution in [3.8, 4) is 0 Å². The van der Waals surface area contributed by atoms with E-state index in [0.717, 1.165) is 0 Å². The van der Waals surface area contributed by atoms with E-state index in [4.69, 9.17) is 12.2 Å². The minimum Gasteiger partial charge on any atom is -0.465 e. The number of alkyl carbamates (subject to hydrolysis) is 1. The second-order valence-electron chi connectivity index (χ2n) is 3.11. The maximum Gasteiger partial charge on any atom is 0.413 e. The number of benzene rings is 1. The number of methoxy groups -OCH3 is 2. The molecular formula is C11H12N2O4S. The maximum absolute atomic E-state index is 11.5. The number of thiocarbonyl (C=S) groups is 1. The van der Waals surface area contributed by atoms with Gasteiger partial charge >= 0.3 is 12.1 Å². The Hall–Kier alpha value is -2.15. The normalized spacial score (nSPS) is 9.22. The van der Waals surface area contributed by atoms with Crippen molar-refractivity contribution in [2.24, 2.45) is 0 Å². The highest BCUT2D eigenvalue weighted by Gasteiger charge is 2.12. The number of carbonyl (C=O) groups excluding carboxylic acids is 2. The van der Waals surface area contributed by atoms with E-state index in [0.29, 0.717) is 11.3 Å². The second-order valence-corrected chi connectivity index (χ2v) is 3.52. The molecule has 0 atom stereocenters. The fourth-order valence-electron chi connectivity index (χ4n) is 1.18. The van der Waals surface area contributed by atoms with Crippen molar-refractivity contribution in [2.75, 3.05) is 19.5 Å². The van der Waals surface area contributed by atoms with Crippen molar-refractivity contribution in [1.29, 1.82) is 0 Å². The Morgan fingerprint density at radius 3 is 2.44 bits per heavy atom. The minimum absolute atomic E-state index is 0.0261. The van der Waals surface area contributed by atoms with Crippen LogP contribution in [0.3, 0.4) is 0 Å². The molecule has 0 fully saturated rings. The fraction of sp³-hybridized carbons (Fsp3) is 0.182. The van der Waals surface area contributed by atoms with Gasteiger partial charge in [-0.15, -0.1) is 0 Å². The Balaban J connectivity index is 2.81. The summed E-state index contributed by atoms with van der Waals surface area (Å²) >= 11 is 4.89. The molecule has 0 aliphatic carbocycles. The van der Waals surface area contributed by atoms with Gasteiger partial charge in [-0.1, -0.05) is 12.1 Å². The smallest absolute Gasteiger partial charge is 0.413 e. The standard InChI is InChI=1S/C11H12N2O4S/c1-16-9(14)7-5-3-4-6-8(7)12-10(18)13-11(15)17-2/h3-6H,1-2H3,(H2,12,13,15,18). The summed E-state index contributed by atoms with van der Waals surface area (Å²) in [7, 11) is 2.50. The highest BCUT2D eigenvalue weighted by molar-refractivity contribution is 7.80. The molecule has 2 N–H and O–H groups in total. The SMILES string of the molecule is COC(=O)NC(=S)Nc1ccccc1C(=O)OC. The number of rotatable bonds is 2. The van der Waals surface area contributed by atoms with Crippen LogP contribution in [0.5, 0.6) is 0 Å². The van der Waals surface area contributed by atoms with E-state index in [1.807, 2.05) is 0 Å². The molecular weight excluding hydrogens is 256 g/mol. The molecule has 0 spiro atoms. The Kier molecular flexibility index (Phi) is 5.06. The third-order valence-electron chi connectivity index (χ3n) is 1.98. The zero-order chi connectivity index (χ0) is 13.5. The third-order valence-corrected chi connectivity index (χ3v) is 2.19. The third kappa shape index (κ3) is 3.70. The molecule has 0 saturated carbocycles. The van der Waals surface area contributed by atoms with E-state index in [1.54, 1.807) is 24.3 Å². The van der Waals surface area contributed by atoms with Crippen molar-refractivity contribution < 1.29 is 19.1 Å². The molecule has 0 radical (unpaired) electrons. The molecule has 1 aromatic carbocycles. The fourth-order valence-corrected chi connectivity index (χ4v) is 1.37. The number of amides is 1. The van der Waals surface area contributed by atoms with Gasteiger partial charge in [0.25, 0.3) is 0 Å². The van der Waals surface area contributed by atoms with Crippen LogP contribution in [-0.2, 0) is 9.47 Å². The predicted octanol–water partition coefficient (Wildman–Crippen LogP) is 1.53. The molecule has 0 bridgehead atoms. The molecule has 96 valence electrons. The lowest BCUT2D eigenvalue weighted by atomic mass is 10.2. The molecule has 0 unspecified atom stereocenters. The maximum atomic E-state index is 11.5. The summed E-state index contributed by atoms with van der Waals surface area (Å²) in [6, 6.07) is 6.62. The van der Waals surface area contributed by atoms with Gasteiger partial charge in [0.2, 0.25) is 0 Å². The number of para-hydroxylation sites is 1. The number of esters is 1. The molecule has 18 heavy (non-hydrogen) atoms. The van der Waals surface area contributed by atoms with E-state index in [9.17, 15) is 9.59 Å². The van der Waals surface area contributed by atoms with Crippen LogP contribution in [0.25, 0.3) is 0 Å². The van der Waals surface area contributed by atoms with Gasteiger partial charge in [0.1, 0.15) is 0 Å². The topological polar surface area (TPSA) is 76.7 Å². The van der Waals surface area contributed by atoms with Crippen LogP contribution < -0.4 is 10.6 Å². The van der Waals surface area contributed by atoms with Gasteiger partial charge < -0.3 is 14.8 Å². The van der Waals surface area contributed by atoms with Gasteiger partial charge in [-0.25, -0.2) is 9.59 Å². The summed E-state index contributed by atoms with van der Waals surface area (Å²) in [5.41, 5.74) is 0.750. The summed E-state index contributed by atoms with van der Waals surface area (Å²) in [6.07, 6.45) is -0.692. The van der Waals surface area contributed by atoms with Crippen molar-refractivity contribution in [3.05, 3.63) is 29.8 Å². The zero-order valence-electron chi connectivity index (χ0n) is 9.85. The number of ether oxygens (including phenoxy) is 2. The number of carbonyl (C=O) groups is 2. The molecule has 0 heterocycles. The van der Waals surface area contributed by atoms with Gasteiger partial charge in [0.05, 0.1) is 25.5 Å². The average Bonchev–Trinajstić information content (AvgIpc) is 2.38. The van der Waals surface area contributed by atoms with Crippen molar-refractivity contribution >= 4 is 35.1 Å². The average molecular weight is 268 g/mol. The van der Waals surface area contributed by atoms with Gasteiger partial charge in [0, 0.05) is 0 Å². The highest BCUT2D eigenvalue weighted by Crippen LogP contribution is 2.15. The lowest BCUT2D eigenvalue weighted by molar-refractivity contribution is 0.0602. The molecule has 0 aromatic heterocycles. The Labute approximate surface area is 109 Å². The quantitative estimate of drug-likeness (QED) is 0.625. The molecule has 6 nitrogen and oxygen atoms in total. The van der Waals surface area contributed by atoms with Gasteiger partial charge in [-0.05, 0) is 24.4 Å². The van der Waals surface area contributed by atoms with E-state index >= 15 is 0 Å². The molecule has 1 aromatic rings. The molecule has 0 saturated heterocycles. The summed E-state index contributed by atoms with van der Waals surface area (Å²) in [4.78, 5) is 22.4. The molecule has 1 amide bonds. The summed E-state index contributed by atoms with van der Waals surface area (Å²) in [5, 5.41) is 5.01. The largest absolute Gasteiger partial charge is 0.465 e. The Morgan fingerprint density at radius 1 is 1.17 bits per heavy atom. The van der Waals surface area contributed by atoms with Crippen molar-refractivity contribution in [1.82, 2.24) is 5.32 Å². The van der Waals surface area contributed by atoms with Crippen LogP contribution in [0, 0.1) is 0 Å². The first-order chi connectivity index (χ1) is 8.58. The second kappa shape index (κ2) is 6.55. The van der Waals surface area contributed by atoms with Crippen LogP contribution in [0.15, 0.2) is 24.3 Å². The van der Waals surface area contributed by atoms with E-state index < -0.39 is 12.1 Å². The summed E-state index contributed by atoms with van der Waals surface area (Å²) < 4.78 is 9.01. The first kappa shape index (κ1) is 13.9. The van der Waals surface area contributed by atoms with Crippen LogP contribution in [0.4, 0.5) is 10.5 Å². The molecule has 1 rings (SSSR count). The van der Waals surface area contributed by atoms with Crippen LogP contribution >= 0.6 is 12.2 Å². The Bertz CT molecular complexity index is 476. The lowest BCUT2D eigenvalue weighted by Crippen LogP contribution is -2.34.